The molecular formula is C69H141N2O6P. The fourth-order valence-electron chi connectivity index (χ4n) is 11.3. The molecule has 0 heterocycles. The lowest BCUT2D eigenvalue weighted by Crippen LogP contribution is -2.46. The zero-order chi connectivity index (χ0) is 57.0. The van der Waals surface area contributed by atoms with Crippen molar-refractivity contribution in [2.45, 2.75) is 398 Å². The summed E-state index contributed by atoms with van der Waals surface area (Å²) in [6.45, 7) is 4.80. The van der Waals surface area contributed by atoms with E-state index in [1.807, 2.05) is 21.1 Å². The molecule has 2 N–H and O–H groups in total. The maximum atomic E-state index is 13.1. The molecule has 78 heavy (non-hydrogen) atoms. The average Bonchev–Trinajstić information content (AvgIpc) is 3.41. The van der Waals surface area contributed by atoms with Gasteiger partial charge in [-0.3, -0.25) is 9.36 Å². The Morgan fingerprint density at radius 2 is 0.628 bits per heavy atom. The van der Waals surface area contributed by atoms with Crippen LogP contribution in [0.4, 0.5) is 0 Å². The van der Waals surface area contributed by atoms with Gasteiger partial charge in [0.25, 0.3) is 7.82 Å². The molecule has 9 heteroatoms. The largest absolute Gasteiger partial charge is 0.756 e. The minimum atomic E-state index is -4.58. The van der Waals surface area contributed by atoms with Crippen molar-refractivity contribution in [1.29, 1.82) is 0 Å². The first kappa shape index (κ1) is 77.5. The number of unbranched alkanes of at least 4 members (excludes halogenated alkanes) is 54. The van der Waals surface area contributed by atoms with Gasteiger partial charge in [-0.25, -0.2) is 0 Å². The lowest BCUT2D eigenvalue weighted by atomic mass is 10.0. The van der Waals surface area contributed by atoms with E-state index in [9.17, 15) is 19.4 Å². The SMILES string of the molecule is CCCCCCCCCCCCCCCCCCCCCCCCCCCCCCCCC(O)C(COP(=O)([O-])OCC[N+](C)(C)C)NC(=O)CCCCCCCCCCCCCCCCCCCCCCCCCCCC. The second kappa shape index (κ2) is 61.1. The molecule has 0 aliphatic heterocycles. The van der Waals surface area contributed by atoms with E-state index in [0.29, 0.717) is 23.9 Å². The number of phosphoric ester groups is 1. The van der Waals surface area contributed by atoms with Gasteiger partial charge in [-0.1, -0.05) is 367 Å². The van der Waals surface area contributed by atoms with Crippen LogP contribution in [0.2, 0.25) is 0 Å². The molecule has 3 atom stereocenters. The van der Waals surface area contributed by atoms with Crippen LogP contribution in [-0.2, 0) is 18.4 Å². The Kier molecular flexibility index (Phi) is 60.7. The molecule has 0 aromatic heterocycles. The van der Waals surface area contributed by atoms with Gasteiger partial charge in [-0.2, -0.15) is 0 Å². The number of carbonyl (C=O) groups excluding carboxylic acids is 1. The van der Waals surface area contributed by atoms with Crippen molar-refractivity contribution in [1.82, 2.24) is 5.32 Å². The summed E-state index contributed by atoms with van der Waals surface area (Å²) in [5.41, 5.74) is 0. The highest BCUT2D eigenvalue weighted by molar-refractivity contribution is 7.45. The summed E-state index contributed by atoms with van der Waals surface area (Å²) in [6, 6.07) is -0.797. The van der Waals surface area contributed by atoms with Crippen LogP contribution in [0.25, 0.3) is 0 Å². The smallest absolute Gasteiger partial charge is 0.268 e. The van der Waals surface area contributed by atoms with Crippen molar-refractivity contribution < 1.29 is 32.9 Å². The normalized spacial score (nSPS) is 13.6. The molecule has 0 bridgehead atoms. The quantitative estimate of drug-likeness (QED) is 0.0357. The molecule has 8 nitrogen and oxygen atoms in total. The van der Waals surface area contributed by atoms with Crippen LogP contribution in [0.3, 0.4) is 0 Å². The minimum Gasteiger partial charge on any atom is -0.756 e. The maximum absolute atomic E-state index is 13.1. The van der Waals surface area contributed by atoms with Gasteiger partial charge in [0, 0.05) is 6.42 Å². The van der Waals surface area contributed by atoms with Gasteiger partial charge in [-0.05, 0) is 12.8 Å². The average molecular weight is 1130 g/mol. The summed E-state index contributed by atoms with van der Waals surface area (Å²) in [6.07, 6.45) is 76.1. The molecule has 0 saturated heterocycles. The third-order valence-electron chi connectivity index (χ3n) is 16.8. The number of rotatable bonds is 67. The number of phosphoric acid groups is 1. The van der Waals surface area contributed by atoms with Gasteiger partial charge in [0.05, 0.1) is 39.9 Å². The van der Waals surface area contributed by atoms with E-state index in [0.717, 1.165) is 38.5 Å². The highest BCUT2D eigenvalue weighted by atomic mass is 31.2. The Morgan fingerprint density at radius 3 is 0.872 bits per heavy atom. The number of nitrogens with one attached hydrogen (secondary N) is 1. The minimum absolute atomic E-state index is 0.0170. The van der Waals surface area contributed by atoms with Crippen molar-refractivity contribution in [2.24, 2.45) is 0 Å². The number of hydrogen-bond acceptors (Lipinski definition) is 6. The zero-order valence-corrected chi connectivity index (χ0v) is 54.6. The van der Waals surface area contributed by atoms with Crippen LogP contribution in [0.15, 0.2) is 0 Å². The predicted octanol–water partition coefficient (Wildman–Crippen LogP) is 21.7. The third kappa shape index (κ3) is 63.1. The van der Waals surface area contributed by atoms with Gasteiger partial charge in [0.15, 0.2) is 0 Å². The van der Waals surface area contributed by atoms with E-state index in [1.165, 1.54) is 321 Å². The molecule has 0 saturated carbocycles. The van der Waals surface area contributed by atoms with Gasteiger partial charge >= 0.3 is 0 Å². The number of likely N-dealkylation sites (N-methyl/N-ethyl adjacent to an activating group) is 1. The molecule has 0 fully saturated rings. The van der Waals surface area contributed by atoms with Crippen LogP contribution < -0.4 is 10.2 Å². The first-order chi connectivity index (χ1) is 38.0. The molecule has 0 aliphatic carbocycles. The highest BCUT2D eigenvalue weighted by Gasteiger charge is 2.24. The Labute approximate surface area is 489 Å². The first-order valence-corrected chi connectivity index (χ1v) is 36.8. The van der Waals surface area contributed by atoms with E-state index in [1.54, 1.807) is 0 Å². The summed E-state index contributed by atoms with van der Waals surface area (Å²) in [5.74, 6) is -0.153. The maximum Gasteiger partial charge on any atom is 0.268 e. The van der Waals surface area contributed by atoms with Crippen LogP contribution in [-0.4, -0.2) is 68.5 Å². The summed E-state index contributed by atoms with van der Waals surface area (Å²) < 4.78 is 23.5. The molecular weight excluding hydrogens is 984 g/mol. The molecule has 1 amide bonds. The number of nitrogens with zero attached hydrogens (tertiary/aromatic N) is 1. The Balaban J connectivity index is 3.98. The van der Waals surface area contributed by atoms with Gasteiger partial charge in [-0.15, -0.1) is 0 Å². The monoisotopic (exact) mass is 1130 g/mol. The van der Waals surface area contributed by atoms with Crippen molar-refractivity contribution in [3.05, 3.63) is 0 Å². The molecule has 0 aromatic carbocycles. The van der Waals surface area contributed by atoms with Crippen molar-refractivity contribution in [3.63, 3.8) is 0 Å². The Morgan fingerprint density at radius 1 is 0.397 bits per heavy atom. The van der Waals surface area contributed by atoms with E-state index in [-0.39, 0.29) is 19.1 Å². The van der Waals surface area contributed by atoms with Crippen molar-refractivity contribution in [2.75, 3.05) is 40.9 Å². The lowest BCUT2D eigenvalue weighted by Gasteiger charge is -2.30. The molecule has 0 aliphatic rings. The van der Waals surface area contributed by atoms with E-state index in [2.05, 4.69) is 19.2 Å². The van der Waals surface area contributed by atoms with Crippen LogP contribution in [0, 0.1) is 0 Å². The Bertz CT molecular complexity index is 1230. The number of hydrogen-bond donors (Lipinski definition) is 2. The second-order valence-electron chi connectivity index (χ2n) is 26.0. The number of aliphatic hydroxyl groups excluding tert-OH is 1. The standard InChI is InChI=1S/C69H141N2O6P/c1-6-8-10-12-14-16-18-20-22-24-26-28-30-32-34-35-36-37-38-40-42-44-46-48-50-52-54-56-58-60-62-68(72)67(66-77-78(74,75)76-65-64-71(3,4)5)70-69(73)63-61-59-57-55-53-51-49-47-45-43-41-39-33-31-29-27-25-23-21-19-17-15-13-11-9-7-2/h67-68,72H,6-66H2,1-5H3,(H-,70,73,74,75). The second-order valence-corrected chi connectivity index (χ2v) is 27.4. The van der Waals surface area contributed by atoms with Gasteiger partial charge < -0.3 is 28.8 Å². The summed E-state index contributed by atoms with van der Waals surface area (Å²) in [7, 11) is 1.33. The van der Waals surface area contributed by atoms with Crippen molar-refractivity contribution in [3.8, 4) is 0 Å². The fraction of sp³-hybridized carbons (Fsp3) is 0.986. The molecule has 0 rings (SSSR count). The van der Waals surface area contributed by atoms with Crippen molar-refractivity contribution >= 4 is 13.7 Å². The predicted molar refractivity (Wildman–Crippen MR) is 339 cm³/mol. The van der Waals surface area contributed by atoms with E-state index < -0.39 is 20.0 Å². The molecule has 0 radical (unpaired) electrons. The molecule has 468 valence electrons. The van der Waals surface area contributed by atoms with Crippen LogP contribution >= 0.6 is 7.82 Å². The number of amides is 1. The molecule has 0 spiro atoms. The van der Waals surface area contributed by atoms with Gasteiger partial charge in [0.1, 0.15) is 13.2 Å². The first-order valence-electron chi connectivity index (χ1n) is 35.4. The van der Waals surface area contributed by atoms with Crippen LogP contribution in [0.5, 0.6) is 0 Å². The van der Waals surface area contributed by atoms with E-state index >= 15 is 0 Å². The van der Waals surface area contributed by atoms with Crippen LogP contribution in [0.1, 0.15) is 386 Å². The summed E-state index contributed by atoms with van der Waals surface area (Å²) in [4.78, 5) is 25.7. The van der Waals surface area contributed by atoms with Gasteiger partial charge in [0.2, 0.25) is 5.91 Å². The lowest BCUT2D eigenvalue weighted by molar-refractivity contribution is -0.870. The molecule has 3 unspecified atom stereocenters. The Hall–Kier alpha value is -0.500. The number of quaternary nitrogens is 1. The zero-order valence-electron chi connectivity index (χ0n) is 53.7. The summed E-state index contributed by atoms with van der Waals surface area (Å²) in [5, 5.41) is 14.1. The fourth-order valence-corrected chi connectivity index (χ4v) is 12.1. The highest BCUT2D eigenvalue weighted by Crippen LogP contribution is 2.38. The topological polar surface area (TPSA) is 108 Å². The third-order valence-corrected chi connectivity index (χ3v) is 17.8. The number of carbonyl (C=O) groups is 1. The van der Waals surface area contributed by atoms with E-state index in [4.69, 9.17) is 9.05 Å². The number of aliphatic hydroxyl groups is 1. The summed E-state index contributed by atoms with van der Waals surface area (Å²) >= 11 is 0. The molecule has 0 aromatic rings.